The van der Waals surface area contributed by atoms with E-state index in [2.05, 4.69) is 31.9 Å². The van der Waals surface area contributed by atoms with Gasteiger partial charge in [0.2, 0.25) is 0 Å². The second-order valence-electron chi connectivity index (χ2n) is 5.79. The first-order valence-electron chi connectivity index (χ1n) is 8.02. The second kappa shape index (κ2) is 7.17. The summed E-state index contributed by atoms with van der Waals surface area (Å²) in [5.74, 6) is 0.768. The SMILES string of the molecule is COc1ccc2nc(-c3ccc(Br)cc3)c(-c3ccc(Br)cc3)nc2c1. The van der Waals surface area contributed by atoms with Crippen molar-refractivity contribution in [3.8, 4) is 28.3 Å². The van der Waals surface area contributed by atoms with Gasteiger partial charge >= 0.3 is 0 Å². The van der Waals surface area contributed by atoms with Crippen LogP contribution < -0.4 is 4.74 Å². The molecule has 0 N–H and O–H groups in total. The van der Waals surface area contributed by atoms with Crippen LogP contribution >= 0.6 is 31.9 Å². The van der Waals surface area contributed by atoms with Crippen molar-refractivity contribution in [2.45, 2.75) is 0 Å². The first-order valence-corrected chi connectivity index (χ1v) is 9.60. The number of ether oxygens (including phenoxy) is 1. The van der Waals surface area contributed by atoms with Crippen molar-refractivity contribution in [2.24, 2.45) is 0 Å². The highest BCUT2D eigenvalue weighted by Gasteiger charge is 2.14. The largest absolute Gasteiger partial charge is 0.497 e. The predicted octanol–water partition coefficient (Wildman–Crippen LogP) is 6.50. The molecule has 0 saturated carbocycles. The molecule has 1 aromatic heterocycles. The van der Waals surface area contributed by atoms with E-state index in [1.165, 1.54) is 0 Å². The van der Waals surface area contributed by atoms with Crippen LogP contribution in [0.1, 0.15) is 0 Å². The molecule has 0 atom stereocenters. The smallest absolute Gasteiger partial charge is 0.121 e. The lowest BCUT2D eigenvalue weighted by Gasteiger charge is -2.11. The third kappa shape index (κ3) is 3.37. The van der Waals surface area contributed by atoms with Crippen LogP contribution in [-0.2, 0) is 0 Å². The Morgan fingerprint density at radius 1 is 0.654 bits per heavy atom. The second-order valence-corrected chi connectivity index (χ2v) is 7.62. The lowest BCUT2D eigenvalue weighted by atomic mass is 10.0. The number of rotatable bonds is 3. The molecule has 4 aromatic rings. The molecule has 0 unspecified atom stereocenters. The predicted molar refractivity (Wildman–Crippen MR) is 112 cm³/mol. The summed E-state index contributed by atoms with van der Waals surface area (Å²) in [6.45, 7) is 0. The minimum Gasteiger partial charge on any atom is -0.497 e. The Bertz CT molecular complexity index is 1080. The molecule has 5 heteroatoms. The third-order valence-corrected chi connectivity index (χ3v) is 5.16. The van der Waals surface area contributed by atoms with Gasteiger partial charge in [0.05, 0.1) is 29.5 Å². The molecule has 0 saturated heterocycles. The van der Waals surface area contributed by atoms with E-state index in [1.54, 1.807) is 7.11 Å². The number of nitrogens with zero attached hydrogens (tertiary/aromatic N) is 2. The quantitative estimate of drug-likeness (QED) is 0.343. The van der Waals surface area contributed by atoms with Crippen LogP contribution in [0.25, 0.3) is 33.5 Å². The summed E-state index contributed by atoms with van der Waals surface area (Å²) < 4.78 is 7.39. The molecule has 1 heterocycles. The lowest BCUT2D eigenvalue weighted by Crippen LogP contribution is -1.96. The number of benzene rings is 3. The number of halogens is 2. The Morgan fingerprint density at radius 2 is 1.15 bits per heavy atom. The van der Waals surface area contributed by atoms with Crippen molar-refractivity contribution in [1.82, 2.24) is 9.97 Å². The van der Waals surface area contributed by atoms with Crippen LogP contribution in [0.15, 0.2) is 75.7 Å². The zero-order chi connectivity index (χ0) is 18.1. The summed E-state index contributed by atoms with van der Waals surface area (Å²) in [5.41, 5.74) is 5.39. The van der Waals surface area contributed by atoms with Gasteiger partial charge in [-0.05, 0) is 36.4 Å². The van der Waals surface area contributed by atoms with Gasteiger partial charge in [0.1, 0.15) is 5.75 Å². The molecule has 26 heavy (non-hydrogen) atoms. The van der Waals surface area contributed by atoms with E-state index in [1.807, 2.05) is 66.7 Å². The standard InChI is InChI=1S/C21H14Br2N2O/c1-26-17-10-11-18-19(12-17)25-21(14-4-8-16(23)9-5-14)20(24-18)13-2-6-15(22)7-3-13/h2-12H,1H3. The van der Waals surface area contributed by atoms with Crippen molar-refractivity contribution in [1.29, 1.82) is 0 Å². The van der Waals surface area contributed by atoms with Crippen molar-refractivity contribution in [3.63, 3.8) is 0 Å². The fraction of sp³-hybridized carbons (Fsp3) is 0.0476. The highest BCUT2D eigenvalue weighted by molar-refractivity contribution is 9.10. The highest BCUT2D eigenvalue weighted by atomic mass is 79.9. The molecule has 0 amide bonds. The Kier molecular flexibility index (Phi) is 4.74. The molecule has 3 aromatic carbocycles. The number of hydrogen-bond donors (Lipinski definition) is 0. The number of aromatic nitrogens is 2. The molecular formula is C21H14Br2N2O. The zero-order valence-electron chi connectivity index (χ0n) is 13.9. The van der Waals surface area contributed by atoms with Crippen LogP contribution in [0.4, 0.5) is 0 Å². The van der Waals surface area contributed by atoms with Gasteiger partial charge < -0.3 is 4.74 Å². The van der Waals surface area contributed by atoms with Gasteiger partial charge in [-0.15, -0.1) is 0 Å². The highest BCUT2D eigenvalue weighted by Crippen LogP contribution is 2.33. The maximum absolute atomic E-state index is 5.33. The molecule has 4 rings (SSSR count). The van der Waals surface area contributed by atoms with E-state index in [-0.39, 0.29) is 0 Å². The minimum absolute atomic E-state index is 0.768. The summed E-state index contributed by atoms with van der Waals surface area (Å²) in [4.78, 5) is 9.82. The van der Waals surface area contributed by atoms with E-state index in [0.29, 0.717) is 0 Å². The van der Waals surface area contributed by atoms with Crippen molar-refractivity contribution in [2.75, 3.05) is 7.11 Å². The third-order valence-electron chi connectivity index (χ3n) is 4.11. The van der Waals surface area contributed by atoms with E-state index < -0.39 is 0 Å². The van der Waals surface area contributed by atoms with Crippen molar-refractivity contribution in [3.05, 3.63) is 75.7 Å². The van der Waals surface area contributed by atoms with Crippen LogP contribution in [0.3, 0.4) is 0 Å². The maximum Gasteiger partial charge on any atom is 0.121 e. The van der Waals surface area contributed by atoms with Crippen LogP contribution in [0.5, 0.6) is 5.75 Å². The Labute approximate surface area is 168 Å². The maximum atomic E-state index is 5.33. The van der Waals surface area contributed by atoms with E-state index in [4.69, 9.17) is 14.7 Å². The molecule has 0 aliphatic heterocycles. The van der Waals surface area contributed by atoms with Gasteiger partial charge in [0, 0.05) is 26.1 Å². The lowest BCUT2D eigenvalue weighted by molar-refractivity contribution is 0.415. The van der Waals surface area contributed by atoms with Crippen LogP contribution in [0.2, 0.25) is 0 Å². The van der Waals surface area contributed by atoms with Gasteiger partial charge in [0.15, 0.2) is 0 Å². The summed E-state index contributed by atoms with van der Waals surface area (Å²) in [6, 6.07) is 22.0. The number of fused-ring (bicyclic) bond motifs is 1. The van der Waals surface area contributed by atoms with Gasteiger partial charge in [-0.3, -0.25) is 0 Å². The molecular weight excluding hydrogens is 456 g/mol. The summed E-state index contributed by atoms with van der Waals surface area (Å²) >= 11 is 6.98. The van der Waals surface area contributed by atoms with Crippen molar-refractivity contribution < 1.29 is 4.74 Å². The molecule has 0 bridgehead atoms. The summed E-state index contributed by atoms with van der Waals surface area (Å²) in [5, 5.41) is 0. The number of methoxy groups -OCH3 is 1. The molecule has 0 fully saturated rings. The van der Waals surface area contributed by atoms with Crippen molar-refractivity contribution >= 4 is 42.9 Å². The van der Waals surface area contributed by atoms with Crippen LogP contribution in [0, 0.1) is 0 Å². The van der Waals surface area contributed by atoms with Gasteiger partial charge in [0.25, 0.3) is 0 Å². The van der Waals surface area contributed by atoms with Crippen LogP contribution in [-0.4, -0.2) is 17.1 Å². The topological polar surface area (TPSA) is 35.0 Å². The fourth-order valence-electron chi connectivity index (χ4n) is 2.78. The Morgan fingerprint density at radius 3 is 1.65 bits per heavy atom. The molecule has 128 valence electrons. The minimum atomic E-state index is 0.768. The number of hydrogen-bond acceptors (Lipinski definition) is 3. The molecule has 0 aliphatic carbocycles. The van der Waals surface area contributed by atoms with Gasteiger partial charge in [-0.25, -0.2) is 9.97 Å². The fourth-order valence-corrected chi connectivity index (χ4v) is 3.31. The van der Waals surface area contributed by atoms with E-state index >= 15 is 0 Å². The first kappa shape index (κ1) is 17.2. The molecule has 0 radical (unpaired) electrons. The molecule has 0 aliphatic rings. The normalized spacial score (nSPS) is 10.9. The van der Waals surface area contributed by atoms with Gasteiger partial charge in [-0.2, -0.15) is 0 Å². The monoisotopic (exact) mass is 468 g/mol. The average Bonchev–Trinajstić information content (AvgIpc) is 2.68. The van der Waals surface area contributed by atoms with Gasteiger partial charge in [-0.1, -0.05) is 56.1 Å². The van der Waals surface area contributed by atoms with E-state index in [9.17, 15) is 0 Å². The zero-order valence-corrected chi connectivity index (χ0v) is 17.1. The summed E-state index contributed by atoms with van der Waals surface area (Å²) in [7, 11) is 1.65. The molecule has 0 spiro atoms. The Balaban J connectivity index is 1.99. The van der Waals surface area contributed by atoms with E-state index in [0.717, 1.165) is 48.2 Å². The summed E-state index contributed by atoms with van der Waals surface area (Å²) in [6.07, 6.45) is 0. The average molecular weight is 470 g/mol. The first-order chi connectivity index (χ1) is 12.6. The Hall–Kier alpha value is -2.24. The molecule has 3 nitrogen and oxygen atoms in total.